The lowest BCUT2D eigenvalue weighted by atomic mass is 9.81. The fourth-order valence-electron chi connectivity index (χ4n) is 13.4. The molecule has 3 N–H and O–H groups in total. The summed E-state index contributed by atoms with van der Waals surface area (Å²) in [5.74, 6) is 0.253. The summed E-state index contributed by atoms with van der Waals surface area (Å²) in [7, 11) is 5.28. The third-order valence-electron chi connectivity index (χ3n) is 19.1. The van der Waals surface area contributed by atoms with Crippen LogP contribution in [0, 0.1) is 24.7 Å². The number of anilines is 2. The molecule has 21 heteroatoms. The number of imide groups is 1. The van der Waals surface area contributed by atoms with Crippen LogP contribution in [0.15, 0.2) is 95.2 Å². The van der Waals surface area contributed by atoms with Gasteiger partial charge in [-0.25, -0.2) is 0 Å². The van der Waals surface area contributed by atoms with Gasteiger partial charge >= 0.3 is 0 Å². The molecule has 5 atom stereocenters. The van der Waals surface area contributed by atoms with Gasteiger partial charge in [-0.15, -0.1) is 0 Å². The van der Waals surface area contributed by atoms with E-state index in [1.807, 2.05) is 57.5 Å². The van der Waals surface area contributed by atoms with Crippen LogP contribution in [-0.4, -0.2) is 165 Å². The molecule has 7 amide bonds. The smallest absolute Gasteiger partial charge is 0.260 e. The van der Waals surface area contributed by atoms with Gasteiger partial charge in [-0.3, -0.25) is 48.4 Å². The lowest BCUT2D eigenvalue weighted by Crippen LogP contribution is -2.53. The Morgan fingerprint density at radius 2 is 1.38 bits per heavy atom. The van der Waals surface area contributed by atoms with Gasteiger partial charge in [-0.05, 0) is 123 Å². The van der Waals surface area contributed by atoms with Gasteiger partial charge in [-0.2, -0.15) is 0 Å². The average Bonchev–Trinajstić information content (AvgIpc) is 1.63. The van der Waals surface area contributed by atoms with E-state index in [4.69, 9.17) is 28.9 Å². The first-order valence-corrected chi connectivity index (χ1v) is 33.6. The molecular weight excluding hydrogens is 1190 g/mol. The van der Waals surface area contributed by atoms with Gasteiger partial charge in [0.15, 0.2) is 23.0 Å². The minimum Gasteiger partial charge on any atom is -0.493 e. The van der Waals surface area contributed by atoms with Crippen LogP contribution in [0.2, 0.25) is 0 Å². The number of methoxy groups -OCH3 is 2. The molecule has 6 aliphatic rings. The highest BCUT2D eigenvalue weighted by atomic mass is 16.5. The maximum atomic E-state index is 14.1. The summed E-state index contributed by atoms with van der Waals surface area (Å²) in [4.78, 5) is 112. The van der Waals surface area contributed by atoms with E-state index in [9.17, 15) is 33.6 Å². The number of aryl methyl sites for hydroxylation is 1. The number of carbonyl (C=O) groups excluding carboxylic acids is 7. The van der Waals surface area contributed by atoms with Crippen LogP contribution in [0.5, 0.6) is 23.0 Å². The topological polar surface area (TPSA) is 233 Å². The molecule has 0 aromatic heterocycles. The molecule has 0 radical (unpaired) electrons. The first kappa shape index (κ1) is 68.0. The molecule has 500 valence electrons. The minimum atomic E-state index is -0.924. The highest BCUT2D eigenvalue weighted by molar-refractivity contribution is 6.06. The minimum absolute atomic E-state index is 0.0320. The van der Waals surface area contributed by atoms with E-state index in [1.54, 1.807) is 67.6 Å². The van der Waals surface area contributed by atoms with Crippen LogP contribution >= 0.6 is 0 Å². The number of nitrogens with zero attached hydrogens (tertiary/aromatic N) is 7. The van der Waals surface area contributed by atoms with Crippen molar-refractivity contribution in [1.82, 2.24) is 30.2 Å². The van der Waals surface area contributed by atoms with Crippen LogP contribution in [0.1, 0.15) is 144 Å². The van der Waals surface area contributed by atoms with Crippen molar-refractivity contribution in [3.05, 3.63) is 107 Å². The number of unbranched alkanes of at least 4 members (excludes halogenated alkanes) is 2. The van der Waals surface area contributed by atoms with Gasteiger partial charge in [-0.1, -0.05) is 76.6 Å². The number of carbonyl (C=O) groups is 7. The third-order valence-corrected chi connectivity index (χ3v) is 19.1. The number of ether oxygens (including phenoxy) is 4. The van der Waals surface area contributed by atoms with E-state index >= 15 is 0 Å². The molecule has 0 bridgehead atoms. The fraction of sp³-hybridized carbons (Fsp3) is 0.493. The van der Waals surface area contributed by atoms with Crippen molar-refractivity contribution in [2.75, 3.05) is 77.4 Å². The number of hydrogen-bond acceptors (Lipinski definition) is 15. The molecule has 3 fully saturated rings. The number of fused-ring (bicyclic) bond motifs is 2. The highest BCUT2D eigenvalue weighted by Gasteiger charge is 2.42. The predicted molar refractivity (Wildman–Crippen MR) is 364 cm³/mol. The predicted octanol–water partition coefficient (Wildman–Crippen LogP) is 10.4. The SMILES string of the molecule is COc1cc2c(cc1OCCCOc1cc(/N=C\C3CC(c4ccc(NC(=O)C(C)NC(=O)C(NC(=O)CCCCCN5C(=O)CC(C6CCCCCCC6)C5=O)C(C)C)cc4)=CN3C=O)c(C)cc1OC)N=CC1CC(c3ccc(N4CCN(C)CC4)cc3)=CN1C2=O. The van der Waals surface area contributed by atoms with Gasteiger partial charge in [0, 0.05) is 113 Å². The molecule has 0 spiro atoms. The van der Waals surface area contributed by atoms with Crippen molar-refractivity contribution in [2.45, 2.75) is 148 Å². The Hall–Kier alpha value is -8.85. The number of nitrogens with one attached hydrogen (secondary N) is 3. The third kappa shape index (κ3) is 16.7. The summed E-state index contributed by atoms with van der Waals surface area (Å²) in [6.45, 7) is 12.1. The number of rotatable bonds is 27. The van der Waals surface area contributed by atoms with Crippen LogP contribution < -0.4 is 39.8 Å². The zero-order valence-electron chi connectivity index (χ0n) is 55.5. The number of amides is 7. The summed E-state index contributed by atoms with van der Waals surface area (Å²) in [5.41, 5.74) is 8.03. The lowest BCUT2D eigenvalue weighted by Gasteiger charge is -2.34. The standard InChI is InChI=1S/C73H92N10O11/c1-47(2)69(78-67(85)19-14-11-15-28-82-68(86)39-59(72(82)89)52-17-12-9-8-10-13-18-52)71(88)76-49(4)70(87)77-55-24-20-50(21-25-55)53-36-57(81(44-53)46-84)42-74-61-40-65(63(91-6)35-48(61)3)93-33-16-34-94-66-41-62-60(38-64(66)92-7)73(90)83-45-54(37-58(83)43-75-62)51-22-26-56(27-23-51)80-31-29-79(5)30-32-80/h20-27,35,38,40-47,49,52,57-59,69H,8-19,28-34,36-37,39H2,1-7H3,(H,76,88)(H,77,87)(H,78,85)/b74-42-. The summed E-state index contributed by atoms with van der Waals surface area (Å²) in [5, 5.41) is 8.47. The zero-order valence-corrected chi connectivity index (χ0v) is 55.5. The van der Waals surface area contributed by atoms with Crippen LogP contribution in [-0.2, 0) is 28.8 Å². The molecule has 1 saturated carbocycles. The van der Waals surface area contributed by atoms with Crippen LogP contribution in [0.3, 0.4) is 0 Å². The molecule has 10 rings (SSSR count). The maximum absolute atomic E-state index is 14.1. The Labute approximate surface area is 552 Å². The van der Waals surface area contributed by atoms with Crippen molar-refractivity contribution in [3.63, 3.8) is 0 Å². The number of piperazine rings is 1. The monoisotopic (exact) mass is 1280 g/mol. The van der Waals surface area contributed by atoms with E-state index in [0.717, 1.165) is 86.1 Å². The van der Waals surface area contributed by atoms with E-state index in [2.05, 4.69) is 57.1 Å². The molecule has 5 heterocycles. The summed E-state index contributed by atoms with van der Waals surface area (Å²) in [6, 6.07) is 20.6. The van der Waals surface area contributed by atoms with Gasteiger partial charge in [0.25, 0.3) is 5.91 Å². The first-order valence-electron chi connectivity index (χ1n) is 33.6. The fourth-order valence-corrected chi connectivity index (χ4v) is 13.4. The second-order valence-electron chi connectivity index (χ2n) is 26.1. The molecule has 5 unspecified atom stereocenters. The summed E-state index contributed by atoms with van der Waals surface area (Å²) in [6.07, 6.45) is 19.9. The Morgan fingerprint density at radius 1 is 0.723 bits per heavy atom. The van der Waals surface area contributed by atoms with E-state index in [0.29, 0.717) is 97.1 Å². The van der Waals surface area contributed by atoms with E-state index in [1.165, 1.54) is 29.8 Å². The Bertz CT molecular complexity index is 3510. The molecule has 1 aliphatic carbocycles. The van der Waals surface area contributed by atoms with Gasteiger partial charge in [0.1, 0.15) is 12.1 Å². The highest BCUT2D eigenvalue weighted by Crippen LogP contribution is 2.42. The number of benzene rings is 4. The van der Waals surface area contributed by atoms with Gasteiger partial charge in [0.05, 0.1) is 62.4 Å². The number of likely N-dealkylation sites (tertiary alicyclic amines) is 1. The quantitative estimate of drug-likeness (QED) is 0.0218. The summed E-state index contributed by atoms with van der Waals surface area (Å²) >= 11 is 0. The molecule has 2 saturated heterocycles. The molecule has 4 aromatic rings. The Morgan fingerprint density at radius 3 is 2.06 bits per heavy atom. The molecular formula is C73H92N10O11. The lowest BCUT2D eigenvalue weighted by molar-refractivity contribution is -0.140. The Balaban J connectivity index is 0.653. The van der Waals surface area contributed by atoms with Gasteiger partial charge < -0.3 is 54.5 Å². The average molecular weight is 1290 g/mol. The van der Waals surface area contributed by atoms with Crippen LogP contribution in [0.4, 0.5) is 22.7 Å². The Kier molecular flexibility index (Phi) is 23.0. The van der Waals surface area contributed by atoms with Crippen molar-refractivity contribution < 1.29 is 52.5 Å². The van der Waals surface area contributed by atoms with Crippen LogP contribution in [0.25, 0.3) is 11.1 Å². The van der Waals surface area contributed by atoms with E-state index < -0.39 is 23.9 Å². The molecule has 94 heavy (non-hydrogen) atoms. The largest absolute Gasteiger partial charge is 0.493 e. The maximum Gasteiger partial charge on any atom is 0.260 e. The molecule has 5 aliphatic heterocycles. The number of aliphatic imine (C=N–C) groups is 2. The second kappa shape index (κ2) is 31.9. The summed E-state index contributed by atoms with van der Waals surface area (Å²) < 4.78 is 23.9. The molecule has 4 aromatic carbocycles. The van der Waals surface area contributed by atoms with Crippen molar-refractivity contribution in [1.29, 1.82) is 0 Å². The van der Waals surface area contributed by atoms with Crippen molar-refractivity contribution in [3.8, 4) is 23.0 Å². The second-order valence-corrected chi connectivity index (χ2v) is 26.1. The molecule has 21 nitrogen and oxygen atoms in total. The van der Waals surface area contributed by atoms with Crippen molar-refractivity contribution >= 4 is 88.2 Å². The van der Waals surface area contributed by atoms with E-state index in [-0.39, 0.29) is 73.1 Å². The number of hydrogen-bond donors (Lipinski definition) is 3. The normalized spacial score (nSPS) is 20.0. The number of likely N-dealkylation sites (N-methyl/N-ethyl adjacent to an activating group) is 1. The van der Waals surface area contributed by atoms with Crippen molar-refractivity contribution in [2.24, 2.45) is 27.7 Å². The van der Waals surface area contributed by atoms with Gasteiger partial charge in [0.2, 0.25) is 35.9 Å². The first-order chi connectivity index (χ1) is 45.5. The zero-order chi connectivity index (χ0) is 66.4.